The standard InChI is InChI=1S/C21H21ClFN3O2/c1-14-19(21(28)26(24(14)3)18-7-5-4-6-8-18)13-25(15(2)27)12-16-9-10-17(23)11-20(16)22/h4-11H,12-13H2,1-3H3. The summed E-state index contributed by atoms with van der Waals surface area (Å²) in [4.78, 5) is 26.8. The molecular weight excluding hydrogens is 381 g/mol. The zero-order chi connectivity index (χ0) is 20.4. The van der Waals surface area contributed by atoms with Crippen LogP contribution in [0.15, 0.2) is 53.3 Å². The number of halogens is 2. The Morgan fingerprint density at radius 3 is 2.43 bits per heavy atom. The highest BCUT2D eigenvalue weighted by atomic mass is 35.5. The van der Waals surface area contributed by atoms with Crippen molar-refractivity contribution < 1.29 is 9.18 Å². The van der Waals surface area contributed by atoms with E-state index in [0.717, 1.165) is 11.4 Å². The Morgan fingerprint density at radius 2 is 1.82 bits per heavy atom. The van der Waals surface area contributed by atoms with Crippen LogP contribution in [0.25, 0.3) is 5.69 Å². The molecule has 146 valence electrons. The fraction of sp³-hybridized carbons (Fsp3) is 0.238. The Kier molecular flexibility index (Phi) is 5.70. The molecular formula is C21H21ClFN3O2. The summed E-state index contributed by atoms with van der Waals surface area (Å²) < 4.78 is 16.6. The zero-order valence-electron chi connectivity index (χ0n) is 15.9. The highest BCUT2D eigenvalue weighted by Crippen LogP contribution is 2.21. The molecule has 0 saturated carbocycles. The summed E-state index contributed by atoms with van der Waals surface area (Å²) >= 11 is 6.11. The minimum absolute atomic E-state index is 0.140. The molecule has 0 saturated heterocycles. The lowest BCUT2D eigenvalue weighted by Crippen LogP contribution is -2.31. The molecule has 28 heavy (non-hydrogen) atoms. The van der Waals surface area contributed by atoms with Crippen molar-refractivity contribution in [2.75, 3.05) is 0 Å². The second kappa shape index (κ2) is 8.02. The Balaban J connectivity index is 1.96. The number of aromatic nitrogens is 2. The summed E-state index contributed by atoms with van der Waals surface area (Å²) in [5.41, 5.74) is 2.49. The lowest BCUT2D eigenvalue weighted by atomic mass is 10.1. The summed E-state index contributed by atoms with van der Waals surface area (Å²) in [6.45, 7) is 3.61. The van der Waals surface area contributed by atoms with Gasteiger partial charge in [-0.05, 0) is 36.8 Å². The van der Waals surface area contributed by atoms with E-state index in [1.807, 2.05) is 44.3 Å². The van der Waals surface area contributed by atoms with E-state index in [2.05, 4.69) is 0 Å². The highest BCUT2D eigenvalue weighted by Gasteiger charge is 2.21. The first kappa shape index (κ1) is 19.9. The Morgan fingerprint density at radius 1 is 1.14 bits per heavy atom. The number of benzene rings is 2. The number of nitrogens with zero attached hydrogens (tertiary/aromatic N) is 3. The molecule has 0 spiro atoms. The number of hydrogen-bond donors (Lipinski definition) is 0. The van der Waals surface area contributed by atoms with Crippen LogP contribution in [-0.2, 0) is 24.9 Å². The van der Waals surface area contributed by atoms with Gasteiger partial charge in [0.25, 0.3) is 5.56 Å². The molecule has 1 aromatic heterocycles. The summed E-state index contributed by atoms with van der Waals surface area (Å²) in [6, 6.07) is 13.4. The van der Waals surface area contributed by atoms with Crippen LogP contribution in [0.3, 0.4) is 0 Å². The number of para-hydroxylation sites is 1. The topological polar surface area (TPSA) is 47.2 Å². The van der Waals surface area contributed by atoms with Gasteiger partial charge in [0.1, 0.15) is 5.82 Å². The van der Waals surface area contributed by atoms with E-state index in [1.165, 1.54) is 24.0 Å². The van der Waals surface area contributed by atoms with Gasteiger partial charge in [-0.15, -0.1) is 0 Å². The van der Waals surface area contributed by atoms with Crippen molar-refractivity contribution >= 4 is 17.5 Å². The molecule has 0 unspecified atom stereocenters. The van der Waals surface area contributed by atoms with Crippen LogP contribution in [0.2, 0.25) is 5.02 Å². The van der Waals surface area contributed by atoms with Gasteiger partial charge in [0.2, 0.25) is 5.91 Å². The average Bonchev–Trinajstić information content (AvgIpc) is 2.86. The first-order valence-electron chi connectivity index (χ1n) is 8.82. The van der Waals surface area contributed by atoms with Crippen molar-refractivity contribution in [1.29, 1.82) is 0 Å². The first-order valence-corrected chi connectivity index (χ1v) is 9.19. The van der Waals surface area contributed by atoms with Crippen LogP contribution in [0, 0.1) is 12.7 Å². The van der Waals surface area contributed by atoms with Gasteiger partial charge in [-0.2, -0.15) is 0 Å². The molecule has 7 heteroatoms. The van der Waals surface area contributed by atoms with E-state index in [1.54, 1.807) is 15.4 Å². The van der Waals surface area contributed by atoms with Crippen molar-refractivity contribution in [3.63, 3.8) is 0 Å². The maximum atomic E-state index is 13.3. The van der Waals surface area contributed by atoms with E-state index in [-0.39, 0.29) is 29.6 Å². The number of hydrogen-bond acceptors (Lipinski definition) is 2. The molecule has 0 bridgehead atoms. The van der Waals surface area contributed by atoms with Crippen molar-refractivity contribution in [3.8, 4) is 5.69 Å². The van der Waals surface area contributed by atoms with Gasteiger partial charge < -0.3 is 4.90 Å². The normalized spacial score (nSPS) is 10.9. The van der Waals surface area contributed by atoms with Gasteiger partial charge in [-0.25, -0.2) is 9.07 Å². The van der Waals surface area contributed by atoms with Gasteiger partial charge in [-0.1, -0.05) is 35.9 Å². The number of carbonyl (C=O) groups excluding carboxylic acids is 1. The summed E-state index contributed by atoms with van der Waals surface area (Å²) in [7, 11) is 1.81. The van der Waals surface area contributed by atoms with E-state index < -0.39 is 5.82 Å². The fourth-order valence-electron chi connectivity index (χ4n) is 3.13. The smallest absolute Gasteiger partial charge is 0.276 e. The first-order chi connectivity index (χ1) is 13.3. The van der Waals surface area contributed by atoms with Crippen LogP contribution < -0.4 is 5.56 Å². The Hall–Kier alpha value is -2.86. The highest BCUT2D eigenvalue weighted by molar-refractivity contribution is 6.31. The molecule has 0 fully saturated rings. The largest absolute Gasteiger partial charge is 0.334 e. The third-order valence-corrected chi connectivity index (χ3v) is 5.20. The summed E-state index contributed by atoms with van der Waals surface area (Å²) in [5, 5.41) is 0.248. The maximum absolute atomic E-state index is 13.3. The molecule has 0 aliphatic heterocycles. The molecule has 0 atom stereocenters. The summed E-state index contributed by atoms with van der Waals surface area (Å²) in [5.74, 6) is -0.637. The SMILES string of the molecule is CC(=O)N(Cc1ccc(F)cc1Cl)Cc1c(C)n(C)n(-c2ccccc2)c1=O. The predicted octanol–water partition coefficient (Wildman–Crippen LogP) is 3.83. The lowest BCUT2D eigenvalue weighted by Gasteiger charge is -2.21. The van der Waals surface area contributed by atoms with Crippen molar-refractivity contribution in [2.45, 2.75) is 26.9 Å². The maximum Gasteiger partial charge on any atom is 0.276 e. The molecule has 0 radical (unpaired) electrons. The number of carbonyl (C=O) groups is 1. The fourth-order valence-corrected chi connectivity index (χ4v) is 3.36. The predicted molar refractivity (Wildman–Crippen MR) is 107 cm³/mol. The van der Waals surface area contributed by atoms with Crippen LogP contribution in [-0.4, -0.2) is 20.2 Å². The third-order valence-electron chi connectivity index (χ3n) is 4.84. The Bertz CT molecular complexity index is 1070. The monoisotopic (exact) mass is 401 g/mol. The van der Waals surface area contributed by atoms with Crippen LogP contribution in [0.4, 0.5) is 4.39 Å². The van der Waals surface area contributed by atoms with Gasteiger partial charge in [0.15, 0.2) is 0 Å². The minimum Gasteiger partial charge on any atom is -0.334 e. The van der Waals surface area contributed by atoms with Crippen molar-refractivity contribution in [3.05, 3.63) is 86.5 Å². The van der Waals surface area contributed by atoms with Gasteiger partial charge in [-0.3, -0.25) is 14.3 Å². The van der Waals surface area contributed by atoms with Crippen LogP contribution in [0.5, 0.6) is 0 Å². The molecule has 0 N–H and O–H groups in total. The molecule has 2 aromatic carbocycles. The Labute approximate surface area is 167 Å². The minimum atomic E-state index is -0.437. The molecule has 3 rings (SSSR count). The number of rotatable bonds is 5. The molecule has 5 nitrogen and oxygen atoms in total. The second-order valence-corrected chi connectivity index (χ2v) is 7.06. The van der Waals surface area contributed by atoms with E-state index in [0.29, 0.717) is 11.1 Å². The van der Waals surface area contributed by atoms with Crippen LogP contribution >= 0.6 is 11.6 Å². The lowest BCUT2D eigenvalue weighted by molar-refractivity contribution is -0.130. The van der Waals surface area contributed by atoms with E-state index >= 15 is 0 Å². The third kappa shape index (κ3) is 3.87. The van der Waals surface area contributed by atoms with Crippen molar-refractivity contribution in [2.24, 2.45) is 7.05 Å². The zero-order valence-corrected chi connectivity index (χ0v) is 16.7. The quantitative estimate of drug-likeness (QED) is 0.652. The molecule has 3 aromatic rings. The van der Waals surface area contributed by atoms with Gasteiger partial charge >= 0.3 is 0 Å². The average molecular weight is 402 g/mol. The van der Waals surface area contributed by atoms with E-state index in [9.17, 15) is 14.0 Å². The number of amides is 1. The molecule has 0 aliphatic carbocycles. The second-order valence-electron chi connectivity index (χ2n) is 6.65. The van der Waals surface area contributed by atoms with Gasteiger partial charge in [0, 0.05) is 31.2 Å². The molecule has 1 amide bonds. The van der Waals surface area contributed by atoms with Gasteiger partial charge in [0.05, 0.1) is 17.8 Å². The molecule has 0 aliphatic rings. The summed E-state index contributed by atoms with van der Waals surface area (Å²) in [6.07, 6.45) is 0. The van der Waals surface area contributed by atoms with Crippen LogP contribution in [0.1, 0.15) is 23.7 Å². The van der Waals surface area contributed by atoms with E-state index in [4.69, 9.17) is 11.6 Å². The molecule has 1 heterocycles. The van der Waals surface area contributed by atoms with Crippen molar-refractivity contribution in [1.82, 2.24) is 14.3 Å².